The fraction of sp³-hybridized carbons (Fsp3) is 0.190. The second kappa shape index (κ2) is 8.63. The van der Waals surface area contributed by atoms with Crippen LogP contribution in [0.4, 0.5) is 0 Å². The van der Waals surface area contributed by atoms with Gasteiger partial charge in [0.05, 0.1) is 23.6 Å². The number of aryl methyl sites for hydroxylation is 3. The normalized spacial score (nSPS) is 10.9. The second-order valence-corrected chi connectivity index (χ2v) is 8.31. The molecule has 3 heterocycles. The van der Waals surface area contributed by atoms with Gasteiger partial charge in [-0.05, 0) is 31.5 Å². The summed E-state index contributed by atoms with van der Waals surface area (Å²) >= 11 is 1.46. The van der Waals surface area contributed by atoms with Gasteiger partial charge in [-0.25, -0.2) is 9.67 Å². The number of hydrazine groups is 1. The molecule has 0 saturated heterocycles. The van der Waals surface area contributed by atoms with Crippen molar-refractivity contribution in [1.29, 1.82) is 0 Å². The number of carbonyl (C=O) groups is 2. The largest absolute Gasteiger partial charge is 0.504 e. The van der Waals surface area contributed by atoms with Gasteiger partial charge in [0.2, 0.25) is 5.91 Å². The highest BCUT2D eigenvalue weighted by atomic mass is 32.1. The molecule has 2 amide bonds. The molecule has 0 saturated carbocycles. The zero-order valence-corrected chi connectivity index (χ0v) is 18.1. The smallest absolute Gasteiger partial charge is 0.294 e. The third kappa shape index (κ3) is 4.10. The van der Waals surface area contributed by atoms with Gasteiger partial charge in [-0.15, -0.1) is 11.3 Å². The minimum atomic E-state index is -0.768. The van der Waals surface area contributed by atoms with Crippen LogP contribution in [-0.2, 0) is 11.3 Å². The molecular formula is C21H20N6O4S. The molecule has 0 bridgehead atoms. The monoisotopic (exact) mass is 452 g/mol. The summed E-state index contributed by atoms with van der Waals surface area (Å²) < 4.78 is 2.73. The predicted octanol–water partition coefficient (Wildman–Crippen LogP) is 1.82. The molecule has 4 rings (SSSR count). The number of rotatable bonds is 5. The molecule has 11 heteroatoms. The van der Waals surface area contributed by atoms with Crippen molar-refractivity contribution in [2.24, 2.45) is 0 Å². The summed E-state index contributed by atoms with van der Waals surface area (Å²) in [5.74, 6) is -1.60. The molecule has 0 aliphatic heterocycles. The van der Waals surface area contributed by atoms with Crippen molar-refractivity contribution in [3.63, 3.8) is 0 Å². The highest BCUT2D eigenvalue weighted by Crippen LogP contribution is 2.25. The zero-order valence-electron chi connectivity index (χ0n) is 17.3. The molecule has 0 aliphatic rings. The molecule has 0 radical (unpaired) electrons. The Morgan fingerprint density at radius 3 is 2.66 bits per heavy atom. The van der Waals surface area contributed by atoms with Crippen LogP contribution in [0.2, 0.25) is 0 Å². The summed E-state index contributed by atoms with van der Waals surface area (Å²) in [5, 5.41) is 14.6. The van der Waals surface area contributed by atoms with Crippen LogP contribution in [-0.4, -0.2) is 36.3 Å². The fourth-order valence-electron chi connectivity index (χ4n) is 3.14. The molecule has 3 aromatic heterocycles. The van der Waals surface area contributed by atoms with Crippen LogP contribution in [0.15, 0.2) is 47.7 Å². The first-order valence-electron chi connectivity index (χ1n) is 9.73. The molecule has 32 heavy (non-hydrogen) atoms. The lowest BCUT2D eigenvalue weighted by Crippen LogP contribution is -2.42. The molecule has 0 fully saturated rings. The van der Waals surface area contributed by atoms with E-state index in [1.165, 1.54) is 33.1 Å². The highest BCUT2D eigenvalue weighted by molar-refractivity contribution is 7.18. The predicted molar refractivity (Wildman–Crippen MR) is 119 cm³/mol. The number of fused-ring (bicyclic) bond motifs is 1. The van der Waals surface area contributed by atoms with E-state index < -0.39 is 11.8 Å². The van der Waals surface area contributed by atoms with E-state index in [4.69, 9.17) is 0 Å². The van der Waals surface area contributed by atoms with E-state index in [-0.39, 0.29) is 30.0 Å². The Bertz CT molecular complexity index is 1370. The summed E-state index contributed by atoms with van der Waals surface area (Å²) in [7, 11) is 0. The average Bonchev–Trinajstić information content (AvgIpc) is 3.32. The van der Waals surface area contributed by atoms with Crippen molar-refractivity contribution in [2.45, 2.75) is 26.8 Å². The summed E-state index contributed by atoms with van der Waals surface area (Å²) in [6.45, 7) is 3.91. The lowest BCUT2D eigenvalue weighted by Gasteiger charge is -2.08. The first-order chi connectivity index (χ1) is 15.3. The Labute approximate surface area is 186 Å². The van der Waals surface area contributed by atoms with Gasteiger partial charge < -0.3 is 5.11 Å². The standard InChI is InChI=1S/C21H20N6O4S/c1-12-13(2)32-20-17(12)21(31)26(11-22-20)9-8-16(29)23-24-19(30)18-15(28)10-27(25-18)14-6-4-3-5-7-14/h3-7,10-11,28H,8-9H2,1-2H3,(H,23,29)(H,24,30). The van der Waals surface area contributed by atoms with Crippen molar-refractivity contribution in [2.75, 3.05) is 0 Å². The van der Waals surface area contributed by atoms with E-state index in [9.17, 15) is 19.5 Å². The van der Waals surface area contributed by atoms with E-state index in [2.05, 4.69) is 20.9 Å². The molecule has 3 N–H and O–H groups in total. The number of aromatic nitrogens is 4. The zero-order chi connectivity index (χ0) is 22.8. The summed E-state index contributed by atoms with van der Waals surface area (Å²) in [6, 6.07) is 8.97. The summed E-state index contributed by atoms with van der Waals surface area (Å²) in [6.07, 6.45) is 2.66. The van der Waals surface area contributed by atoms with Gasteiger partial charge in [0.25, 0.3) is 11.5 Å². The van der Waals surface area contributed by atoms with Crippen molar-refractivity contribution in [3.8, 4) is 11.4 Å². The Morgan fingerprint density at radius 1 is 1.16 bits per heavy atom. The van der Waals surface area contributed by atoms with Crippen LogP contribution in [0.25, 0.3) is 15.9 Å². The van der Waals surface area contributed by atoms with Gasteiger partial charge in [-0.2, -0.15) is 5.10 Å². The van der Waals surface area contributed by atoms with Crippen LogP contribution in [0.1, 0.15) is 27.3 Å². The molecule has 1 aromatic carbocycles. The Balaban J connectivity index is 1.37. The fourth-order valence-corrected chi connectivity index (χ4v) is 4.13. The lowest BCUT2D eigenvalue weighted by molar-refractivity contribution is -0.122. The minimum absolute atomic E-state index is 0.0556. The average molecular weight is 452 g/mol. The van der Waals surface area contributed by atoms with Gasteiger partial charge in [-0.3, -0.25) is 29.8 Å². The topological polar surface area (TPSA) is 131 Å². The van der Waals surface area contributed by atoms with Crippen LogP contribution in [0.5, 0.6) is 5.75 Å². The van der Waals surface area contributed by atoms with Crippen molar-refractivity contribution >= 4 is 33.4 Å². The number of benzene rings is 1. The van der Waals surface area contributed by atoms with Crippen molar-refractivity contribution in [1.82, 2.24) is 30.2 Å². The minimum Gasteiger partial charge on any atom is -0.504 e. The van der Waals surface area contributed by atoms with Gasteiger partial charge in [0.15, 0.2) is 11.4 Å². The number of para-hydroxylation sites is 1. The van der Waals surface area contributed by atoms with Crippen LogP contribution in [0, 0.1) is 13.8 Å². The number of hydrogen-bond acceptors (Lipinski definition) is 7. The quantitative estimate of drug-likeness (QED) is 0.396. The number of aromatic hydroxyl groups is 1. The van der Waals surface area contributed by atoms with E-state index >= 15 is 0 Å². The van der Waals surface area contributed by atoms with E-state index in [0.29, 0.717) is 15.9 Å². The summed E-state index contributed by atoms with van der Waals surface area (Å²) in [4.78, 5) is 43.1. The maximum Gasteiger partial charge on any atom is 0.294 e. The third-order valence-corrected chi connectivity index (χ3v) is 6.10. The van der Waals surface area contributed by atoms with Gasteiger partial charge in [-0.1, -0.05) is 18.2 Å². The molecule has 0 aliphatic carbocycles. The third-order valence-electron chi connectivity index (χ3n) is 4.98. The van der Waals surface area contributed by atoms with Crippen LogP contribution >= 0.6 is 11.3 Å². The SMILES string of the molecule is Cc1sc2ncn(CCC(=O)NNC(=O)c3nn(-c4ccccc4)cc3O)c(=O)c2c1C. The Morgan fingerprint density at radius 2 is 1.91 bits per heavy atom. The number of carbonyl (C=O) groups excluding carboxylic acids is 2. The molecule has 0 atom stereocenters. The second-order valence-electron chi connectivity index (χ2n) is 7.10. The molecule has 4 aromatic rings. The molecule has 0 spiro atoms. The van der Waals surface area contributed by atoms with E-state index in [1.807, 2.05) is 19.9 Å². The van der Waals surface area contributed by atoms with Gasteiger partial charge in [0.1, 0.15) is 4.83 Å². The first-order valence-corrected chi connectivity index (χ1v) is 10.5. The number of nitrogens with one attached hydrogen (secondary N) is 2. The highest BCUT2D eigenvalue weighted by Gasteiger charge is 2.18. The van der Waals surface area contributed by atoms with Gasteiger partial charge >= 0.3 is 0 Å². The van der Waals surface area contributed by atoms with Crippen molar-refractivity contribution < 1.29 is 14.7 Å². The number of amides is 2. The molecule has 10 nitrogen and oxygen atoms in total. The molecule has 164 valence electrons. The molecular weight excluding hydrogens is 432 g/mol. The number of nitrogens with zero attached hydrogens (tertiary/aromatic N) is 4. The van der Waals surface area contributed by atoms with Crippen molar-refractivity contribution in [3.05, 3.63) is 69.3 Å². The Hall–Kier alpha value is -3.99. The maximum atomic E-state index is 12.7. The number of hydrogen-bond donors (Lipinski definition) is 3. The molecule has 0 unspecified atom stereocenters. The van der Waals surface area contributed by atoms with Crippen LogP contribution < -0.4 is 16.4 Å². The Kier molecular flexibility index (Phi) is 5.73. The first kappa shape index (κ1) is 21.2. The van der Waals surface area contributed by atoms with E-state index in [0.717, 1.165) is 10.4 Å². The lowest BCUT2D eigenvalue weighted by atomic mass is 10.2. The van der Waals surface area contributed by atoms with Gasteiger partial charge in [0, 0.05) is 17.8 Å². The maximum absolute atomic E-state index is 12.7. The van der Waals surface area contributed by atoms with Crippen LogP contribution in [0.3, 0.4) is 0 Å². The summed E-state index contributed by atoms with van der Waals surface area (Å²) in [5.41, 5.74) is 5.61. The number of thiophene rings is 1. The van der Waals surface area contributed by atoms with E-state index in [1.54, 1.807) is 24.3 Å².